The summed E-state index contributed by atoms with van der Waals surface area (Å²) in [6.07, 6.45) is 0.762. The molecule has 0 aliphatic heterocycles. The van der Waals surface area contributed by atoms with E-state index in [9.17, 15) is 9.70 Å². The van der Waals surface area contributed by atoms with Gasteiger partial charge < -0.3 is 0 Å². The first-order valence-corrected chi connectivity index (χ1v) is 3.20. The Labute approximate surface area is 64.0 Å². The topological polar surface area (TPSA) is 46.5 Å². The number of hydrogen-bond donors (Lipinski definition) is 0. The predicted molar refractivity (Wildman–Crippen MR) is 41.3 cm³/mol. The highest BCUT2D eigenvalue weighted by Gasteiger charge is 1.91. The first-order chi connectivity index (χ1) is 5.36. The average Bonchev–Trinajstić information content (AvgIpc) is 2.07. The number of benzene rings is 1. The third kappa shape index (κ3) is 1.97. The molecule has 0 N–H and O–H groups in total. The second-order valence-corrected chi connectivity index (χ2v) is 2.15. The van der Waals surface area contributed by atoms with Gasteiger partial charge in [0.25, 0.3) is 0 Å². The molecule has 0 aliphatic carbocycles. The number of carbonyl (C=O) groups excluding carboxylic acids is 1. The van der Waals surface area contributed by atoms with E-state index in [2.05, 4.69) is 5.18 Å². The predicted octanol–water partition coefficient (Wildman–Crippen LogP) is 1.77. The molecule has 1 rings (SSSR count). The van der Waals surface area contributed by atoms with Crippen molar-refractivity contribution in [3.63, 3.8) is 0 Å². The average molecular weight is 149 g/mol. The molecular formula is C8H7NO2. The van der Waals surface area contributed by atoms with E-state index in [0.717, 1.165) is 11.8 Å². The fourth-order valence-corrected chi connectivity index (χ4v) is 0.776. The van der Waals surface area contributed by atoms with Gasteiger partial charge in [-0.3, -0.25) is 4.79 Å². The summed E-state index contributed by atoms with van der Waals surface area (Å²) >= 11 is 0. The van der Waals surface area contributed by atoms with E-state index in [-0.39, 0.29) is 6.54 Å². The third-order valence-corrected chi connectivity index (χ3v) is 1.36. The number of carbonyl (C=O) groups is 1. The van der Waals surface area contributed by atoms with Crippen LogP contribution in [0.25, 0.3) is 0 Å². The van der Waals surface area contributed by atoms with E-state index < -0.39 is 0 Å². The van der Waals surface area contributed by atoms with Crippen molar-refractivity contribution in [3.05, 3.63) is 40.3 Å². The quantitative estimate of drug-likeness (QED) is 0.485. The standard InChI is InChI=1S/C8H7NO2/c10-6-8-3-1-7(2-4-8)5-9-11/h1-4,6H,5H2. The lowest BCUT2D eigenvalue weighted by molar-refractivity contribution is 0.112. The van der Waals surface area contributed by atoms with E-state index in [4.69, 9.17) is 0 Å². The maximum atomic E-state index is 10.2. The minimum atomic E-state index is 0.166. The van der Waals surface area contributed by atoms with Crippen LogP contribution in [-0.4, -0.2) is 6.29 Å². The number of aldehydes is 1. The smallest absolute Gasteiger partial charge is 0.150 e. The molecule has 11 heavy (non-hydrogen) atoms. The highest BCUT2D eigenvalue weighted by atomic mass is 16.3. The lowest BCUT2D eigenvalue weighted by Gasteiger charge is -1.92. The summed E-state index contributed by atoms with van der Waals surface area (Å²) in [4.78, 5) is 20.0. The van der Waals surface area contributed by atoms with Gasteiger partial charge in [0, 0.05) is 5.56 Å². The Morgan fingerprint density at radius 1 is 1.27 bits per heavy atom. The van der Waals surface area contributed by atoms with Gasteiger partial charge in [-0.05, 0) is 5.56 Å². The lowest BCUT2D eigenvalue weighted by Crippen LogP contribution is -1.82. The Hall–Kier alpha value is -1.51. The summed E-state index contributed by atoms with van der Waals surface area (Å²) in [7, 11) is 0. The second kappa shape index (κ2) is 3.61. The van der Waals surface area contributed by atoms with Crippen molar-refractivity contribution in [2.45, 2.75) is 6.54 Å². The lowest BCUT2D eigenvalue weighted by atomic mass is 10.1. The summed E-state index contributed by atoms with van der Waals surface area (Å²) in [5, 5.41) is 2.72. The van der Waals surface area contributed by atoms with Gasteiger partial charge in [0.2, 0.25) is 0 Å². The fraction of sp³-hybridized carbons (Fsp3) is 0.125. The highest BCUT2D eigenvalue weighted by Crippen LogP contribution is 2.02. The van der Waals surface area contributed by atoms with Gasteiger partial charge in [-0.1, -0.05) is 29.4 Å². The molecule has 0 bridgehead atoms. The molecule has 0 heterocycles. The normalized spacial score (nSPS) is 9.09. The molecule has 0 saturated heterocycles. The van der Waals surface area contributed by atoms with Crippen LogP contribution in [-0.2, 0) is 6.54 Å². The van der Waals surface area contributed by atoms with Gasteiger partial charge in [-0.25, -0.2) is 0 Å². The molecule has 0 saturated carbocycles. The molecule has 0 spiro atoms. The Morgan fingerprint density at radius 3 is 2.36 bits per heavy atom. The molecular weight excluding hydrogens is 142 g/mol. The van der Waals surface area contributed by atoms with Crippen LogP contribution in [0.4, 0.5) is 0 Å². The molecule has 0 fully saturated rings. The summed E-state index contributed by atoms with van der Waals surface area (Å²) in [5.74, 6) is 0. The van der Waals surface area contributed by atoms with Gasteiger partial charge in [0.1, 0.15) is 12.8 Å². The maximum absolute atomic E-state index is 10.2. The van der Waals surface area contributed by atoms with Gasteiger partial charge in [-0.15, -0.1) is 0 Å². The molecule has 3 heteroatoms. The molecule has 56 valence electrons. The zero-order valence-electron chi connectivity index (χ0n) is 5.86. The van der Waals surface area contributed by atoms with Crippen molar-refractivity contribution in [2.24, 2.45) is 5.18 Å². The van der Waals surface area contributed by atoms with Crippen molar-refractivity contribution in [3.8, 4) is 0 Å². The van der Waals surface area contributed by atoms with Crippen LogP contribution in [0.1, 0.15) is 15.9 Å². The Balaban J connectivity index is 2.81. The van der Waals surface area contributed by atoms with Gasteiger partial charge in [0.05, 0.1) is 0 Å². The largest absolute Gasteiger partial charge is 0.298 e. The van der Waals surface area contributed by atoms with Crippen LogP contribution in [0.15, 0.2) is 29.4 Å². The minimum Gasteiger partial charge on any atom is -0.298 e. The second-order valence-electron chi connectivity index (χ2n) is 2.15. The zero-order valence-corrected chi connectivity index (χ0v) is 5.86. The highest BCUT2D eigenvalue weighted by molar-refractivity contribution is 5.74. The Morgan fingerprint density at radius 2 is 1.91 bits per heavy atom. The maximum Gasteiger partial charge on any atom is 0.150 e. The molecule has 0 atom stereocenters. The van der Waals surface area contributed by atoms with Crippen LogP contribution in [0.3, 0.4) is 0 Å². The van der Waals surface area contributed by atoms with Gasteiger partial charge >= 0.3 is 0 Å². The van der Waals surface area contributed by atoms with Crippen LogP contribution < -0.4 is 0 Å². The zero-order chi connectivity index (χ0) is 8.10. The number of hydrogen-bond acceptors (Lipinski definition) is 3. The summed E-state index contributed by atoms with van der Waals surface area (Å²) in [5.41, 5.74) is 1.44. The molecule has 0 aliphatic rings. The van der Waals surface area contributed by atoms with E-state index >= 15 is 0 Å². The first kappa shape index (κ1) is 7.60. The van der Waals surface area contributed by atoms with Crippen molar-refractivity contribution < 1.29 is 4.79 Å². The van der Waals surface area contributed by atoms with E-state index in [1.807, 2.05) is 0 Å². The monoisotopic (exact) mass is 149 g/mol. The summed E-state index contributed by atoms with van der Waals surface area (Å²) < 4.78 is 0. The Bertz CT molecular complexity index is 253. The Kier molecular flexibility index (Phi) is 2.49. The molecule has 1 aromatic rings. The molecule has 3 nitrogen and oxygen atoms in total. The van der Waals surface area contributed by atoms with Crippen LogP contribution >= 0.6 is 0 Å². The third-order valence-electron chi connectivity index (χ3n) is 1.36. The summed E-state index contributed by atoms with van der Waals surface area (Å²) in [6, 6.07) is 6.75. The van der Waals surface area contributed by atoms with Gasteiger partial charge in [-0.2, -0.15) is 4.91 Å². The fourth-order valence-electron chi connectivity index (χ4n) is 0.776. The van der Waals surface area contributed by atoms with Crippen molar-refractivity contribution in [1.29, 1.82) is 0 Å². The molecule has 0 radical (unpaired) electrons. The van der Waals surface area contributed by atoms with E-state index in [1.54, 1.807) is 24.3 Å². The minimum absolute atomic E-state index is 0.166. The number of rotatable bonds is 3. The molecule has 0 amide bonds. The van der Waals surface area contributed by atoms with Crippen molar-refractivity contribution in [2.75, 3.05) is 0 Å². The molecule has 1 aromatic carbocycles. The van der Waals surface area contributed by atoms with Crippen LogP contribution in [0.2, 0.25) is 0 Å². The molecule has 0 aromatic heterocycles. The first-order valence-electron chi connectivity index (χ1n) is 3.20. The van der Waals surface area contributed by atoms with Crippen LogP contribution in [0.5, 0.6) is 0 Å². The molecule has 0 unspecified atom stereocenters. The SMILES string of the molecule is O=Cc1ccc(CN=O)cc1. The van der Waals surface area contributed by atoms with Crippen molar-refractivity contribution in [1.82, 2.24) is 0 Å². The van der Waals surface area contributed by atoms with Gasteiger partial charge in [0.15, 0.2) is 0 Å². The van der Waals surface area contributed by atoms with E-state index in [1.165, 1.54) is 0 Å². The van der Waals surface area contributed by atoms with Crippen molar-refractivity contribution >= 4 is 6.29 Å². The number of nitrogens with zero attached hydrogens (tertiary/aromatic N) is 1. The van der Waals surface area contributed by atoms with Crippen LogP contribution in [0, 0.1) is 4.91 Å². The van der Waals surface area contributed by atoms with E-state index in [0.29, 0.717) is 5.56 Å². The number of nitroso groups, excluding NO2 is 1. The summed E-state index contributed by atoms with van der Waals surface area (Å²) in [6.45, 7) is 0.166.